The molecule has 0 saturated carbocycles. The number of hydrogen-bond donors (Lipinski definition) is 1. The predicted octanol–water partition coefficient (Wildman–Crippen LogP) is 5.77. The lowest BCUT2D eigenvalue weighted by Crippen LogP contribution is -2.13. The molecule has 7 heteroatoms. The molecule has 4 rings (SSSR count). The van der Waals surface area contributed by atoms with E-state index in [1.807, 2.05) is 29.7 Å². The maximum absolute atomic E-state index is 11.9. The molecule has 0 atom stereocenters. The van der Waals surface area contributed by atoms with Crippen molar-refractivity contribution < 1.29 is 9.32 Å². The van der Waals surface area contributed by atoms with Crippen LogP contribution in [0.4, 0.5) is 0 Å². The SMILES string of the molecule is Cc1c(C(N)=O)cc(-c2cc(-c3ccc(Cl)cc3Cl)no2)n1CCc1ccccc1. The number of nitrogens with two attached hydrogens (primary N) is 1. The van der Waals surface area contributed by atoms with Crippen LogP contribution in [0, 0.1) is 6.92 Å². The lowest BCUT2D eigenvalue weighted by molar-refractivity contribution is 0.0999. The molecule has 4 aromatic rings. The average Bonchev–Trinajstić information content (AvgIpc) is 3.32. The second-order valence-corrected chi connectivity index (χ2v) is 7.82. The summed E-state index contributed by atoms with van der Waals surface area (Å²) in [5, 5.41) is 5.19. The van der Waals surface area contributed by atoms with Gasteiger partial charge >= 0.3 is 0 Å². The topological polar surface area (TPSA) is 74.1 Å². The van der Waals surface area contributed by atoms with E-state index < -0.39 is 5.91 Å². The van der Waals surface area contributed by atoms with E-state index in [0.717, 1.165) is 17.8 Å². The zero-order valence-electron chi connectivity index (χ0n) is 16.2. The second-order valence-electron chi connectivity index (χ2n) is 6.98. The van der Waals surface area contributed by atoms with Crippen LogP contribution in [0.15, 0.2) is 65.2 Å². The number of nitrogens with zero attached hydrogens (tertiary/aromatic N) is 2. The van der Waals surface area contributed by atoms with Gasteiger partial charge in [-0.1, -0.05) is 58.7 Å². The van der Waals surface area contributed by atoms with E-state index in [4.69, 9.17) is 33.5 Å². The van der Waals surface area contributed by atoms with Crippen LogP contribution in [0.3, 0.4) is 0 Å². The summed E-state index contributed by atoms with van der Waals surface area (Å²) in [5.74, 6) is 0.0485. The van der Waals surface area contributed by atoms with Gasteiger partial charge in [0.15, 0.2) is 5.76 Å². The maximum Gasteiger partial charge on any atom is 0.250 e. The quantitative estimate of drug-likeness (QED) is 0.414. The molecule has 2 aromatic heterocycles. The third-order valence-corrected chi connectivity index (χ3v) is 5.62. The Hall–Kier alpha value is -3.02. The highest BCUT2D eigenvalue weighted by Crippen LogP contribution is 2.33. The fraction of sp³-hybridized carbons (Fsp3) is 0.130. The molecule has 2 N–H and O–H groups in total. The molecule has 0 bridgehead atoms. The Morgan fingerprint density at radius 2 is 1.87 bits per heavy atom. The molecule has 0 aliphatic heterocycles. The first kappa shape index (κ1) is 20.3. The molecule has 2 heterocycles. The van der Waals surface area contributed by atoms with Crippen LogP contribution in [-0.2, 0) is 13.0 Å². The number of amides is 1. The van der Waals surface area contributed by atoms with E-state index >= 15 is 0 Å². The molecule has 0 aliphatic carbocycles. The minimum atomic E-state index is -0.479. The lowest BCUT2D eigenvalue weighted by Gasteiger charge is -2.10. The van der Waals surface area contributed by atoms with E-state index in [-0.39, 0.29) is 0 Å². The van der Waals surface area contributed by atoms with Crippen LogP contribution in [0.2, 0.25) is 10.0 Å². The van der Waals surface area contributed by atoms with Crippen molar-refractivity contribution in [3.63, 3.8) is 0 Å². The molecule has 30 heavy (non-hydrogen) atoms. The summed E-state index contributed by atoms with van der Waals surface area (Å²) in [4.78, 5) is 11.9. The van der Waals surface area contributed by atoms with E-state index in [1.165, 1.54) is 5.56 Å². The number of hydrogen-bond acceptors (Lipinski definition) is 3. The molecule has 2 aromatic carbocycles. The number of primary amides is 1. The van der Waals surface area contributed by atoms with Gasteiger partial charge in [0.25, 0.3) is 5.91 Å². The third kappa shape index (κ3) is 3.99. The van der Waals surface area contributed by atoms with E-state index in [9.17, 15) is 4.79 Å². The van der Waals surface area contributed by atoms with Crippen LogP contribution in [0.1, 0.15) is 21.6 Å². The number of rotatable bonds is 6. The highest BCUT2D eigenvalue weighted by atomic mass is 35.5. The standard InChI is InChI=1S/C23H19Cl2N3O2/c1-14-18(23(26)29)12-21(28(14)10-9-15-5-3-2-4-6-15)22-13-20(27-30-22)17-8-7-16(24)11-19(17)25/h2-8,11-13H,9-10H2,1H3,(H2,26,29). The van der Waals surface area contributed by atoms with Crippen LogP contribution < -0.4 is 5.73 Å². The highest BCUT2D eigenvalue weighted by Gasteiger charge is 2.20. The van der Waals surface area contributed by atoms with Gasteiger partial charge < -0.3 is 14.8 Å². The normalized spacial score (nSPS) is 11.0. The first-order valence-electron chi connectivity index (χ1n) is 9.40. The summed E-state index contributed by atoms with van der Waals surface area (Å²) in [5.41, 5.74) is 10.1. The molecule has 0 radical (unpaired) electrons. The van der Waals surface area contributed by atoms with Crippen molar-refractivity contribution in [1.29, 1.82) is 0 Å². The van der Waals surface area contributed by atoms with Crippen molar-refractivity contribution in [3.05, 3.63) is 87.5 Å². The molecule has 0 spiro atoms. The molecule has 5 nitrogen and oxygen atoms in total. The monoisotopic (exact) mass is 439 g/mol. The Balaban J connectivity index is 1.72. The fourth-order valence-electron chi connectivity index (χ4n) is 3.49. The van der Waals surface area contributed by atoms with Gasteiger partial charge in [-0.05, 0) is 43.2 Å². The van der Waals surface area contributed by atoms with E-state index in [0.29, 0.717) is 39.2 Å². The first-order chi connectivity index (χ1) is 14.4. The highest BCUT2D eigenvalue weighted by molar-refractivity contribution is 6.36. The van der Waals surface area contributed by atoms with Crippen LogP contribution in [-0.4, -0.2) is 15.6 Å². The van der Waals surface area contributed by atoms with E-state index in [2.05, 4.69) is 17.3 Å². The Morgan fingerprint density at radius 1 is 1.10 bits per heavy atom. The van der Waals surface area contributed by atoms with Crippen LogP contribution in [0.25, 0.3) is 22.7 Å². The molecular formula is C23H19Cl2N3O2. The van der Waals surface area contributed by atoms with Gasteiger partial charge in [0, 0.05) is 28.9 Å². The smallest absolute Gasteiger partial charge is 0.250 e. The summed E-state index contributed by atoms with van der Waals surface area (Å²) in [6.07, 6.45) is 0.797. The lowest BCUT2D eigenvalue weighted by atomic mass is 10.1. The Labute approximate surface area is 184 Å². The van der Waals surface area contributed by atoms with E-state index in [1.54, 1.807) is 30.3 Å². The summed E-state index contributed by atoms with van der Waals surface area (Å²) < 4.78 is 7.65. The van der Waals surface area contributed by atoms with Crippen LogP contribution >= 0.6 is 23.2 Å². The molecular weight excluding hydrogens is 421 g/mol. The molecule has 152 valence electrons. The Bertz CT molecular complexity index is 1210. The molecule has 1 amide bonds. The minimum absolute atomic E-state index is 0.459. The first-order valence-corrected chi connectivity index (χ1v) is 10.2. The molecule has 0 saturated heterocycles. The van der Waals surface area contributed by atoms with Gasteiger partial charge in [-0.2, -0.15) is 0 Å². The van der Waals surface area contributed by atoms with Gasteiger partial charge in [-0.3, -0.25) is 4.79 Å². The number of aryl methyl sites for hydroxylation is 1. The molecule has 0 unspecified atom stereocenters. The number of carbonyl (C=O) groups excluding carboxylic acids is 1. The predicted molar refractivity (Wildman–Crippen MR) is 119 cm³/mol. The Morgan fingerprint density at radius 3 is 2.57 bits per heavy atom. The number of aromatic nitrogens is 2. The van der Waals surface area contributed by atoms with Crippen molar-refractivity contribution in [1.82, 2.24) is 9.72 Å². The maximum atomic E-state index is 11.9. The minimum Gasteiger partial charge on any atom is -0.366 e. The van der Waals surface area contributed by atoms with Gasteiger partial charge in [0.05, 0.1) is 16.3 Å². The van der Waals surface area contributed by atoms with Crippen molar-refractivity contribution in [2.24, 2.45) is 5.73 Å². The second kappa shape index (κ2) is 8.38. The Kier molecular flexibility index (Phi) is 5.66. The van der Waals surface area contributed by atoms with Crippen molar-refractivity contribution in [2.45, 2.75) is 19.9 Å². The third-order valence-electron chi connectivity index (χ3n) is 5.07. The summed E-state index contributed by atoms with van der Waals surface area (Å²) in [7, 11) is 0. The van der Waals surface area contributed by atoms with Crippen molar-refractivity contribution in [2.75, 3.05) is 0 Å². The van der Waals surface area contributed by atoms with Gasteiger partial charge in [0.1, 0.15) is 5.69 Å². The van der Waals surface area contributed by atoms with Crippen LogP contribution in [0.5, 0.6) is 0 Å². The zero-order valence-corrected chi connectivity index (χ0v) is 17.7. The van der Waals surface area contributed by atoms with Gasteiger partial charge in [0.2, 0.25) is 0 Å². The average molecular weight is 440 g/mol. The molecule has 0 aliphatic rings. The van der Waals surface area contributed by atoms with Gasteiger partial charge in [-0.25, -0.2) is 0 Å². The zero-order chi connectivity index (χ0) is 21.3. The summed E-state index contributed by atoms with van der Waals surface area (Å²) >= 11 is 12.3. The number of halogens is 2. The van der Waals surface area contributed by atoms with Gasteiger partial charge in [-0.15, -0.1) is 0 Å². The summed E-state index contributed by atoms with van der Waals surface area (Å²) in [6, 6.07) is 18.9. The van der Waals surface area contributed by atoms with Crippen molar-refractivity contribution >= 4 is 29.1 Å². The molecule has 0 fully saturated rings. The number of carbonyl (C=O) groups is 1. The summed E-state index contributed by atoms with van der Waals surface area (Å²) in [6.45, 7) is 2.54. The fourth-order valence-corrected chi connectivity index (χ4v) is 4.00. The van der Waals surface area contributed by atoms with Crippen molar-refractivity contribution in [3.8, 4) is 22.7 Å². The largest absolute Gasteiger partial charge is 0.366 e. The number of benzene rings is 2.